The molecule has 102 valence electrons. The summed E-state index contributed by atoms with van der Waals surface area (Å²) in [6, 6.07) is 5.82. The number of rotatable bonds is 6. The number of nitrogens with one attached hydrogen (secondary N) is 1. The molecule has 2 rings (SSSR count). The first-order valence-corrected chi connectivity index (χ1v) is 7.08. The molecule has 0 aliphatic rings. The van der Waals surface area contributed by atoms with Gasteiger partial charge in [0.15, 0.2) is 0 Å². The van der Waals surface area contributed by atoms with Crippen LogP contribution in [0.1, 0.15) is 17.4 Å². The van der Waals surface area contributed by atoms with Crippen molar-refractivity contribution in [3.05, 3.63) is 46.5 Å². The second kappa shape index (κ2) is 6.54. The zero-order chi connectivity index (χ0) is 13.7. The van der Waals surface area contributed by atoms with Crippen LogP contribution in [0.15, 0.2) is 39.6 Å². The average molecular weight is 278 g/mol. The minimum atomic E-state index is 0.0387. The number of carbonyl (C=O) groups is 1. The summed E-state index contributed by atoms with van der Waals surface area (Å²) in [5.41, 5.74) is 1.06. The molecule has 1 N–H and O–H groups in total. The lowest BCUT2D eigenvalue weighted by Gasteiger charge is -2.22. The Morgan fingerprint density at radius 2 is 2.32 bits per heavy atom. The van der Waals surface area contributed by atoms with Gasteiger partial charge in [-0.05, 0) is 48.6 Å². The van der Waals surface area contributed by atoms with Crippen molar-refractivity contribution in [3.8, 4) is 0 Å². The average Bonchev–Trinajstić information content (AvgIpc) is 3.01. The van der Waals surface area contributed by atoms with Crippen molar-refractivity contribution in [2.24, 2.45) is 0 Å². The van der Waals surface area contributed by atoms with Gasteiger partial charge in [0, 0.05) is 6.54 Å². The van der Waals surface area contributed by atoms with E-state index >= 15 is 0 Å². The maximum Gasteiger partial charge on any atom is 0.224 e. The Labute approximate surface area is 117 Å². The fourth-order valence-electron chi connectivity index (χ4n) is 1.87. The van der Waals surface area contributed by atoms with Gasteiger partial charge in [0.1, 0.15) is 5.76 Å². The third kappa shape index (κ3) is 3.94. The molecule has 1 amide bonds. The van der Waals surface area contributed by atoms with Crippen LogP contribution >= 0.6 is 11.3 Å². The highest BCUT2D eigenvalue weighted by atomic mass is 32.1. The van der Waals surface area contributed by atoms with Crippen LogP contribution in [-0.4, -0.2) is 31.4 Å². The maximum atomic E-state index is 11.9. The number of likely N-dealkylation sites (N-methyl/N-ethyl adjacent to an activating group) is 1. The summed E-state index contributed by atoms with van der Waals surface area (Å²) in [6.07, 6.45) is 2.08. The summed E-state index contributed by atoms with van der Waals surface area (Å²) < 4.78 is 5.40. The van der Waals surface area contributed by atoms with Gasteiger partial charge in [-0.3, -0.25) is 9.69 Å². The van der Waals surface area contributed by atoms with Gasteiger partial charge in [-0.15, -0.1) is 0 Å². The van der Waals surface area contributed by atoms with Gasteiger partial charge in [0.2, 0.25) is 5.91 Å². The van der Waals surface area contributed by atoms with Gasteiger partial charge in [0.05, 0.1) is 18.7 Å². The summed E-state index contributed by atoms with van der Waals surface area (Å²) in [7, 11) is 3.94. The molecule has 2 aromatic rings. The van der Waals surface area contributed by atoms with Crippen LogP contribution in [0.3, 0.4) is 0 Å². The Balaban J connectivity index is 1.87. The molecule has 0 spiro atoms. The molecule has 0 aromatic carbocycles. The highest BCUT2D eigenvalue weighted by Crippen LogP contribution is 2.17. The Hall–Kier alpha value is -1.59. The van der Waals surface area contributed by atoms with Gasteiger partial charge in [-0.25, -0.2) is 0 Å². The van der Waals surface area contributed by atoms with Gasteiger partial charge < -0.3 is 9.73 Å². The molecular formula is C14H18N2O2S. The second-order valence-corrected chi connectivity index (χ2v) is 5.39. The van der Waals surface area contributed by atoms with E-state index in [4.69, 9.17) is 4.42 Å². The Morgan fingerprint density at radius 3 is 2.89 bits per heavy atom. The molecule has 0 bridgehead atoms. The van der Waals surface area contributed by atoms with Crippen LogP contribution in [0, 0.1) is 0 Å². The topological polar surface area (TPSA) is 45.5 Å². The van der Waals surface area contributed by atoms with Crippen LogP contribution in [0.2, 0.25) is 0 Å². The van der Waals surface area contributed by atoms with Crippen molar-refractivity contribution < 1.29 is 9.21 Å². The molecule has 1 atom stereocenters. The molecule has 2 heterocycles. The zero-order valence-electron chi connectivity index (χ0n) is 11.1. The van der Waals surface area contributed by atoms with Crippen molar-refractivity contribution in [1.82, 2.24) is 10.2 Å². The molecule has 0 radical (unpaired) electrons. The molecule has 5 heteroatoms. The molecule has 0 saturated heterocycles. The summed E-state index contributed by atoms with van der Waals surface area (Å²) in [5, 5.41) is 6.93. The fourth-order valence-corrected chi connectivity index (χ4v) is 2.54. The third-order valence-corrected chi connectivity index (χ3v) is 3.66. The highest BCUT2D eigenvalue weighted by Gasteiger charge is 2.17. The molecule has 0 aliphatic heterocycles. The van der Waals surface area contributed by atoms with E-state index in [0.29, 0.717) is 13.0 Å². The van der Waals surface area contributed by atoms with Crippen molar-refractivity contribution in [2.45, 2.75) is 12.5 Å². The van der Waals surface area contributed by atoms with Crippen molar-refractivity contribution in [1.29, 1.82) is 0 Å². The smallest absolute Gasteiger partial charge is 0.224 e. The fraction of sp³-hybridized carbons (Fsp3) is 0.357. The quantitative estimate of drug-likeness (QED) is 0.882. The molecule has 0 fully saturated rings. The van der Waals surface area contributed by atoms with E-state index in [-0.39, 0.29) is 11.9 Å². The second-order valence-electron chi connectivity index (χ2n) is 4.61. The predicted molar refractivity (Wildman–Crippen MR) is 76.2 cm³/mol. The number of furan rings is 1. The van der Waals surface area contributed by atoms with E-state index in [1.54, 1.807) is 17.6 Å². The molecule has 4 nitrogen and oxygen atoms in total. The monoisotopic (exact) mass is 278 g/mol. The number of hydrogen-bond acceptors (Lipinski definition) is 4. The summed E-state index contributed by atoms with van der Waals surface area (Å²) >= 11 is 1.61. The van der Waals surface area contributed by atoms with Gasteiger partial charge in [-0.1, -0.05) is 0 Å². The lowest BCUT2D eigenvalue weighted by Crippen LogP contribution is -2.35. The lowest BCUT2D eigenvalue weighted by atomic mass is 10.2. The van der Waals surface area contributed by atoms with Crippen molar-refractivity contribution in [2.75, 3.05) is 20.6 Å². The minimum Gasteiger partial charge on any atom is -0.468 e. The summed E-state index contributed by atoms with van der Waals surface area (Å²) in [5.74, 6) is 0.901. The molecule has 0 saturated carbocycles. The number of hydrogen-bond donors (Lipinski definition) is 1. The van der Waals surface area contributed by atoms with E-state index in [1.165, 1.54) is 0 Å². The molecule has 1 unspecified atom stereocenters. The first-order chi connectivity index (χ1) is 9.16. The Bertz CT molecular complexity index is 492. The number of amides is 1. The van der Waals surface area contributed by atoms with Crippen LogP contribution in [0.25, 0.3) is 0 Å². The van der Waals surface area contributed by atoms with Gasteiger partial charge >= 0.3 is 0 Å². The van der Waals surface area contributed by atoms with Gasteiger partial charge in [-0.2, -0.15) is 11.3 Å². The van der Waals surface area contributed by atoms with E-state index in [2.05, 4.69) is 5.32 Å². The zero-order valence-corrected chi connectivity index (χ0v) is 11.9. The largest absolute Gasteiger partial charge is 0.468 e. The number of nitrogens with zero attached hydrogens (tertiary/aromatic N) is 1. The normalized spacial score (nSPS) is 12.6. The van der Waals surface area contributed by atoms with Crippen LogP contribution < -0.4 is 5.32 Å². The number of thiophene rings is 1. The molecule has 2 aromatic heterocycles. The first-order valence-electron chi connectivity index (χ1n) is 6.14. The summed E-state index contributed by atoms with van der Waals surface area (Å²) in [4.78, 5) is 13.9. The van der Waals surface area contributed by atoms with Crippen LogP contribution in [-0.2, 0) is 11.2 Å². The molecule has 19 heavy (non-hydrogen) atoms. The minimum absolute atomic E-state index is 0.0387. The van der Waals surface area contributed by atoms with E-state index in [1.807, 2.05) is 48.0 Å². The maximum absolute atomic E-state index is 11.9. The van der Waals surface area contributed by atoms with E-state index < -0.39 is 0 Å². The SMILES string of the molecule is CN(C)C(CNC(=O)Cc1ccsc1)c1ccco1. The van der Waals surface area contributed by atoms with Crippen molar-refractivity contribution in [3.63, 3.8) is 0 Å². The Morgan fingerprint density at radius 1 is 1.47 bits per heavy atom. The molecular weight excluding hydrogens is 260 g/mol. The van der Waals surface area contributed by atoms with E-state index in [0.717, 1.165) is 11.3 Å². The standard InChI is InChI=1S/C14H18N2O2S/c1-16(2)12(13-4-3-6-18-13)9-15-14(17)8-11-5-7-19-10-11/h3-7,10,12H,8-9H2,1-2H3,(H,15,17). The van der Waals surface area contributed by atoms with Crippen LogP contribution in [0.5, 0.6) is 0 Å². The van der Waals surface area contributed by atoms with Crippen LogP contribution in [0.4, 0.5) is 0 Å². The molecule has 0 aliphatic carbocycles. The predicted octanol–water partition coefficient (Wildman–Crippen LogP) is 2.30. The third-order valence-electron chi connectivity index (χ3n) is 2.93. The number of carbonyl (C=O) groups excluding carboxylic acids is 1. The van der Waals surface area contributed by atoms with Gasteiger partial charge in [0.25, 0.3) is 0 Å². The van der Waals surface area contributed by atoms with Crippen molar-refractivity contribution >= 4 is 17.2 Å². The Kier molecular flexibility index (Phi) is 4.76. The van der Waals surface area contributed by atoms with E-state index in [9.17, 15) is 4.79 Å². The highest BCUT2D eigenvalue weighted by molar-refractivity contribution is 7.07. The first kappa shape index (κ1) is 13.8. The summed E-state index contributed by atoms with van der Waals surface area (Å²) in [6.45, 7) is 0.545. The lowest BCUT2D eigenvalue weighted by molar-refractivity contribution is -0.120.